The quantitative estimate of drug-likeness (QED) is 0.804. The van der Waals surface area contributed by atoms with E-state index in [9.17, 15) is 0 Å². The van der Waals surface area contributed by atoms with E-state index in [0.717, 1.165) is 48.5 Å². The zero-order chi connectivity index (χ0) is 15.2. The van der Waals surface area contributed by atoms with Gasteiger partial charge >= 0.3 is 0 Å². The van der Waals surface area contributed by atoms with Crippen molar-refractivity contribution >= 4 is 0 Å². The van der Waals surface area contributed by atoms with Gasteiger partial charge in [0.05, 0.1) is 12.2 Å². The van der Waals surface area contributed by atoms with Gasteiger partial charge in [0.15, 0.2) is 5.82 Å². The second-order valence-electron chi connectivity index (χ2n) is 5.29. The Kier molecular flexibility index (Phi) is 5.50. The average molecular weight is 292 g/mol. The Bertz CT molecular complexity index is 542. The molecule has 0 aliphatic rings. The number of unbranched alkanes of at least 4 members (excludes halogenated alkanes) is 1. The standard InChI is InChI=1S/C15H24N4O2/c1-5-7-8-13-17-14(21-19-13)9-16-12(6-2)15-10(3)18-20-11(15)4/h12,16H,5-9H2,1-4H3. The van der Waals surface area contributed by atoms with Gasteiger partial charge in [0.25, 0.3) is 0 Å². The monoisotopic (exact) mass is 292 g/mol. The summed E-state index contributed by atoms with van der Waals surface area (Å²) in [7, 11) is 0. The summed E-state index contributed by atoms with van der Waals surface area (Å²) in [5.41, 5.74) is 2.06. The smallest absolute Gasteiger partial charge is 0.240 e. The molecule has 0 saturated heterocycles. The van der Waals surface area contributed by atoms with Crippen LogP contribution in [-0.4, -0.2) is 15.3 Å². The van der Waals surface area contributed by atoms with Crippen molar-refractivity contribution in [2.45, 2.75) is 66.0 Å². The van der Waals surface area contributed by atoms with Crippen LogP contribution in [-0.2, 0) is 13.0 Å². The summed E-state index contributed by atoms with van der Waals surface area (Å²) >= 11 is 0. The molecular formula is C15H24N4O2. The summed E-state index contributed by atoms with van der Waals surface area (Å²) in [6, 6.07) is 0.183. The van der Waals surface area contributed by atoms with E-state index < -0.39 is 0 Å². The maximum atomic E-state index is 5.27. The van der Waals surface area contributed by atoms with Gasteiger partial charge in [-0.3, -0.25) is 0 Å². The van der Waals surface area contributed by atoms with Crippen molar-refractivity contribution in [3.05, 3.63) is 28.7 Å². The number of rotatable bonds is 8. The average Bonchev–Trinajstić information content (AvgIpc) is 3.06. The molecule has 0 saturated carbocycles. The molecular weight excluding hydrogens is 268 g/mol. The van der Waals surface area contributed by atoms with Crippen LogP contribution in [0.2, 0.25) is 0 Å². The lowest BCUT2D eigenvalue weighted by Gasteiger charge is -2.15. The third-order valence-corrected chi connectivity index (χ3v) is 3.61. The van der Waals surface area contributed by atoms with Crippen LogP contribution in [0.15, 0.2) is 9.05 Å². The van der Waals surface area contributed by atoms with E-state index >= 15 is 0 Å². The van der Waals surface area contributed by atoms with Gasteiger partial charge in [-0.1, -0.05) is 30.6 Å². The minimum Gasteiger partial charge on any atom is -0.361 e. The second kappa shape index (κ2) is 7.36. The van der Waals surface area contributed by atoms with Gasteiger partial charge in [-0.25, -0.2) is 0 Å². The highest BCUT2D eigenvalue weighted by Crippen LogP contribution is 2.24. The van der Waals surface area contributed by atoms with Crippen LogP contribution in [0.4, 0.5) is 0 Å². The lowest BCUT2D eigenvalue weighted by atomic mass is 10.0. The molecule has 0 amide bonds. The molecule has 1 unspecified atom stereocenters. The Morgan fingerprint density at radius 3 is 2.57 bits per heavy atom. The van der Waals surface area contributed by atoms with E-state index in [2.05, 4.69) is 34.5 Å². The summed E-state index contributed by atoms with van der Waals surface area (Å²) < 4.78 is 10.5. The first kappa shape index (κ1) is 15.7. The summed E-state index contributed by atoms with van der Waals surface area (Å²) in [6.45, 7) is 8.74. The van der Waals surface area contributed by atoms with Gasteiger partial charge in [0.1, 0.15) is 5.76 Å². The molecule has 1 atom stereocenters. The fourth-order valence-electron chi connectivity index (χ4n) is 2.45. The molecule has 2 rings (SSSR count). The highest BCUT2D eigenvalue weighted by atomic mass is 16.5. The number of hydrogen-bond acceptors (Lipinski definition) is 6. The Morgan fingerprint density at radius 1 is 1.14 bits per heavy atom. The highest BCUT2D eigenvalue weighted by Gasteiger charge is 2.19. The Hall–Kier alpha value is -1.69. The Morgan fingerprint density at radius 2 is 1.95 bits per heavy atom. The molecule has 6 nitrogen and oxygen atoms in total. The summed E-state index contributed by atoms with van der Waals surface area (Å²) in [5.74, 6) is 2.28. The van der Waals surface area contributed by atoms with Gasteiger partial charge in [-0.2, -0.15) is 4.98 Å². The molecule has 0 spiro atoms. The minimum absolute atomic E-state index is 0.183. The number of aryl methyl sites for hydroxylation is 3. The molecule has 0 aliphatic carbocycles. The Balaban J connectivity index is 1.96. The molecule has 0 radical (unpaired) electrons. The van der Waals surface area contributed by atoms with Crippen LogP contribution < -0.4 is 5.32 Å². The van der Waals surface area contributed by atoms with E-state index in [1.54, 1.807) is 0 Å². The molecule has 0 fully saturated rings. The van der Waals surface area contributed by atoms with Gasteiger partial charge in [-0.05, 0) is 26.7 Å². The maximum Gasteiger partial charge on any atom is 0.240 e. The lowest BCUT2D eigenvalue weighted by Crippen LogP contribution is -2.21. The van der Waals surface area contributed by atoms with Crippen molar-refractivity contribution in [2.24, 2.45) is 0 Å². The fourth-order valence-corrected chi connectivity index (χ4v) is 2.45. The molecule has 116 valence electrons. The molecule has 21 heavy (non-hydrogen) atoms. The minimum atomic E-state index is 0.183. The normalized spacial score (nSPS) is 12.8. The SMILES string of the molecule is CCCCc1noc(CNC(CC)c2c(C)noc2C)n1. The second-order valence-corrected chi connectivity index (χ2v) is 5.29. The Labute approximate surface area is 125 Å². The zero-order valence-corrected chi connectivity index (χ0v) is 13.3. The molecule has 1 N–H and O–H groups in total. The van der Waals surface area contributed by atoms with Gasteiger partial charge in [-0.15, -0.1) is 0 Å². The van der Waals surface area contributed by atoms with E-state index in [-0.39, 0.29) is 6.04 Å². The largest absolute Gasteiger partial charge is 0.361 e. The van der Waals surface area contributed by atoms with E-state index in [0.29, 0.717) is 12.4 Å². The van der Waals surface area contributed by atoms with Gasteiger partial charge in [0, 0.05) is 18.0 Å². The third-order valence-electron chi connectivity index (χ3n) is 3.61. The summed E-state index contributed by atoms with van der Waals surface area (Å²) in [4.78, 5) is 4.40. The lowest BCUT2D eigenvalue weighted by molar-refractivity contribution is 0.350. The molecule has 2 aromatic heterocycles. The van der Waals surface area contributed by atoms with Crippen molar-refractivity contribution in [1.29, 1.82) is 0 Å². The van der Waals surface area contributed by atoms with Crippen LogP contribution in [0.3, 0.4) is 0 Å². The summed E-state index contributed by atoms with van der Waals surface area (Å²) in [5, 5.41) is 11.5. The maximum absolute atomic E-state index is 5.27. The number of nitrogens with one attached hydrogen (secondary N) is 1. The van der Waals surface area contributed by atoms with Crippen LogP contribution in [0, 0.1) is 13.8 Å². The number of hydrogen-bond donors (Lipinski definition) is 1. The van der Waals surface area contributed by atoms with Crippen LogP contribution in [0.5, 0.6) is 0 Å². The van der Waals surface area contributed by atoms with Crippen molar-refractivity contribution < 1.29 is 9.05 Å². The van der Waals surface area contributed by atoms with Crippen LogP contribution >= 0.6 is 0 Å². The molecule has 0 aromatic carbocycles. The van der Waals surface area contributed by atoms with Gasteiger partial charge in [0.2, 0.25) is 5.89 Å². The predicted molar refractivity (Wildman–Crippen MR) is 78.8 cm³/mol. The van der Waals surface area contributed by atoms with Crippen molar-refractivity contribution in [3.63, 3.8) is 0 Å². The summed E-state index contributed by atoms with van der Waals surface area (Å²) in [6.07, 6.45) is 4.04. The van der Waals surface area contributed by atoms with E-state index in [1.165, 1.54) is 0 Å². The van der Waals surface area contributed by atoms with E-state index in [1.807, 2.05) is 13.8 Å². The van der Waals surface area contributed by atoms with Crippen LogP contribution in [0.25, 0.3) is 0 Å². The third kappa shape index (κ3) is 3.91. The van der Waals surface area contributed by atoms with Crippen molar-refractivity contribution in [2.75, 3.05) is 0 Å². The first-order chi connectivity index (χ1) is 10.2. The zero-order valence-electron chi connectivity index (χ0n) is 13.3. The molecule has 0 aliphatic heterocycles. The first-order valence-electron chi connectivity index (χ1n) is 7.63. The molecule has 2 aromatic rings. The van der Waals surface area contributed by atoms with Crippen molar-refractivity contribution in [1.82, 2.24) is 20.6 Å². The fraction of sp³-hybridized carbons (Fsp3) is 0.667. The van der Waals surface area contributed by atoms with Crippen molar-refractivity contribution in [3.8, 4) is 0 Å². The number of nitrogens with zero attached hydrogens (tertiary/aromatic N) is 3. The highest BCUT2D eigenvalue weighted by molar-refractivity contribution is 5.24. The van der Waals surface area contributed by atoms with E-state index in [4.69, 9.17) is 9.05 Å². The first-order valence-corrected chi connectivity index (χ1v) is 7.63. The number of aromatic nitrogens is 3. The topological polar surface area (TPSA) is 77.0 Å². The van der Waals surface area contributed by atoms with Gasteiger partial charge < -0.3 is 14.4 Å². The molecule has 2 heterocycles. The molecule has 0 bridgehead atoms. The molecule has 6 heteroatoms. The van der Waals surface area contributed by atoms with Crippen LogP contribution in [0.1, 0.15) is 67.9 Å². The predicted octanol–water partition coefficient (Wildman–Crippen LogP) is 3.26.